The minimum Gasteiger partial charge on any atom is -0.376 e. The van der Waals surface area contributed by atoms with Crippen molar-refractivity contribution < 1.29 is 4.79 Å². The Morgan fingerprint density at radius 3 is 2.39 bits per heavy atom. The summed E-state index contributed by atoms with van der Waals surface area (Å²) in [6.45, 7) is 0.153. The average molecular weight is 241 g/mol. The fourth-order valence-corrected chi connectivity index (χ4v) is 1.73. The molecule has 0 saturated carbocycles. The van der Waals surface area contributed by atoms with Crippen molar-refractivity contribution >= 4 is 11.6 Å². The molecule has 0 bridgehead atoms. The number of nitrogens with two attached hydrogens (primary N) is 1. The van der Waals surface area contributed by atoms with Crippen LogP contribution in [0.3, 0.4) is 0 Å². The van der Waals surface area contributed by atoms with Crippen LogP contribution in [-0.4, -0.2) is 12.5 Å². The van der Waals surface area contributed by atoms with Crippen LogP contribution in [0.2, 0.25) is 0 Å². The van der Waals surface area contributed by atoms with E-state index in [4.69, 9.17) is 5.84 Å². The van der Waals surface area contributed by atoms with Crippen LogP contribution < -0.4 is 16.6 Å². The van der Waals surface area contributed by atoms with Crippen molar-refractivity contribution in [3.05, 3.63) is 54.6 Å². The quantitative estimate of drug-likeness (QED) is 0.434. The summed E-state index contributed by atoms with van der Waals surface area (Å²) in [6.07, 6.45) is 0. The number of hydrazine groups is 1. The summed E-state index contributed by atoms with van der Waals surface area (Å²) >= 11 is 0. The number of para-hydroxylation sites is 1. The molecule has 0 aromatic heterocycles. The molecule has 4 heteroatoms. The van der Waals surface area contributed by atoms with Crippen molar-refractivity contribution in [2.45, 2.75) is 0 Å². The molecule has 1 amide bonds. The lowest BCUT2D eigenvalue weighted by Gasteiger charge is -2.11. The molecule has 4 nitrogen and oxygen atoms in total. The van der Waals surface area contributed by atoms with Gasteiger partial charge < -0.3 is 5.32 Å². The standard InChI is InChI=1S/C14H15N3O/c15-17-14(18)10-16-13-9-5-4-8-12(13)11-6-2-1-3-7-11/h1-9,16H,10,15H2,(H,17,18). The molecule has 0 unspecified atom stereocenters. The van der Waals surface area contributed by atoms with Crippen LogP contribution in [0.15, 0.2) is 54.6 Å². The number of amides is 1. The largest absolute Gasteiger partial charge is 0.376 e. The lowest BCUT2D eigenvalue weighted by atomic mass is 10.0. The highest BCUT2D eigenvalue weighted by molar-refractivity contribution is 5.83. The minimum atomic E-state index is -0.252. The van der Waals surface area contributed by atoms with Crippen LogP contribution in [0, 0.1) is 0 Å². The van der Waals surface area contributed by atoms with Gasteiger partial charge in [-0.25, -0.2) is 5.84 Å². The summed E-state index contributed by atoms with van der Waals surface area (Å²) in [4.78, 5) is 11.1. The lowest BCUT2D eigenvalue weighted by Crippen LogP contribution is -2.35. The van der Waals surface area contributed by atoms with E-state index in [2.05, 4.69) is 10.7 Å². The second-order valence-electron chi connectivity index (χ2n) is 3.83. The smallest absolute Gasteiger partial charge is 0.253 e. The lowest BCUT2D eigenvalue weighted by molar-refractivity contribution is -0.119. The number of carbonyl (C=O) groups excluding carboxylic acids is 1. The van der Waals surface area contributed by atoms with Crippen molar-refractivity contribution in [1.29, 1.82) is 0 Å². The second kappa shape index (κ2) is 5.84. The van der Waals surface area contributed by atoms with Crippen LogP contribution >= 0.6 is 0 Å². The second-order valence-corrected chi connectivity index (χ2v) is 3.83. The van der Waals surface area contributed by atoms with Crippen LogP contribution in [0.4, 0.5) is 5.69 Å². The number of rotatable bonds is 4. The molecule has 18 heavy (non-hydrogen) atoms. The Hall–Kier alpha value is -2.33. The van der Waals surface area contributed by atoms with Crippen molar-refractivity contribution in [3.63, 3.8) is 0 Å². The molecule has 92 valence electrons. The van der Waals surface area contributed by atoms with Crippen molar-refractivity contribution in [2.75, 3.05) is 11.9 Å². The number of carbonyl (C=O) groups is 1. The third-order valence-corrected chi connectivity index (χ3v) is 2.61. The van der Waals surface area contributed by atoms with E-state index in [0.717, 1.165) is 16.8 Å². The Labute approximate surface area is 106 Å². The van der Waals surface area contributed by atoms with E-state index >= 15 is 0 Å². The Bertz CT molecular complexity index is 526. The molecule has 0 aliphatic heterocycles. The van der Waals surface area contributed by atoms with Gasteiger partial charge in [-0.15, -0.1) is 0 Å². The number of benzene rings is 2. The minimum absolute atomic E-state index is 0.153. The maximum absolute atomic E-state index is 11.1. The van der Waals surface area contributed by atoms with Gasteiger partial charge in [0.05, 0.1) is 6.54 Å². The molecule has 4 N–H and O–H groups in total. The Kier molecular flexibility index (Phi) is 3.94. The SMILES string of the molecule is NNC(=O)CNc1ccccc1-c1ccccc1. The molecule has 2 aromatic rings. The van der Waals surface area contributed by atoms with E-state index in [1.54, 1.807) is 0 Å². The van der Waals surface area contributed by atoms with Gasteiger partial charge in [-0.1, -0.05) is 48.5 Å². The summed E-state index contributed by atoms with van der Waals surface area (Å²) in [7, 11) is 0. The van der Waals surface area contributed by atoms with Gasteiger partial charge in [-0.2, -0.15) is 0 Å². The molecular weight excluding hydrogens is 226 g/mol. The summed E-state index contributed by atoms with van der Waals surface area (Å²) < 4.78 is 0. The van der Waals surface area contributed by atoms with Gasteiger partial charge in [0.15, 0.2) is 0 Å². The van der Waals surface area contributed by atoms with Gasteiger partial charge in [0, 0.05) is 11.3 Å². The van der Waals surface area contributed by atoms with Gasteiger partial charge in [-0.05, 0) is 11.6 Å². The molecule has 0 fully saturated rings. The van der Waals surface area contributed by atoms with Crippen molar-refractivity contribution in [3.8, 4) is 11.1 Å². The fourth-order valence-electron chi connectivity index (χ4n) is 1.73. The maximum Gasteiger partial charge on any atom is 0.253 e. The van der Waals surface area contributed by atoms with Gasteiger partial charge in [0.25, 0.3) is 5.91 Å². The van der Waals surface area contributed by atoms with Gasteiger partial charge in [0.2, 0.25) is 0 Å². The monoisotopic (exact) mass is 241 g/mol. The van der Waals surface area contributed by atoms with Gasteiger partial charge in [0.1, 0.15) is 0 Å². The summed E-state index contributed by atoms with van der Waals surface area (Å²) in [5.74, 6) is 4.79. The zero-order valence-electron chi connectivity index (χ0n) is 9.89. The normalized spacial score (nSPS) is 9.83. The average Bonchev–Trinajstić information content (AvgIpc) is 2.46. The number of hydrogen-bond donors (Lipinski definition) is 3. The fraction of sp³-hybridized carbons (Fsp3) is 0.0714. The number of nitrogens with one attached hydrogen (secondary N) is 2. The molecule has 0 aliphatic carbocycles. The molecule has 2 rings (SSSR count). The highest BCUT2D eigenvalue weighted by Crippen LogP contribution is 2.27. The third kappa shape index (κ3) is 2.87. The topological polar surface area (TPSA) is 67.1 Å². The van der Waals surface area contributed by atoms with Crippen LogP contribution in [0.25, 0.3) is 11.1 Å². The van der Waals surface area contributed by atoms with Gasteiger partial charge in [-0.3, -0.25) is 10.2 Å². The molecule has 2 aromatic carbocycles. The van der Waals surface area contributed by atoms with E-state index in [1.807, 2.05) is 54.6 Å². The molecular formula is C14H15N3O. The molecule has 0 radical (unpaired) electrons. The zero-order valence-corrected chi connectivity index (χ0v) is 9.89. The van der Waals surface area contributed by atoms with Crippen LogP contribution in [0.1, 0.15) is 0 Å². The summed E-state index contributed by atoms with van der Waals surface area (Å²) in [6, 6.07) is 17.8. The number of anilines is 1. The van der Waals surface area contributed by atoms with E-state index in [1.165, 1.54) is 0 Å². The Morgan fingerprint density at radius 1 is 1.00 bits per heavy atom. The van der Waals surface area contributed by atoms with Crippen LogP contribution in [-0.2, 0) is 4.79 Å². The summed E-state index contributed by atoms with van der Waals surface area (Å²) in [5.41, 5.74) is 5.17. The third-order valence-electron chi connectivity index (χ3n) is 2.61. The first-order valence-corrected chi connectivity index (χ1v) is 5.69. The first-order chi connectivity index (χ1) is 8.81. The molecule has 0 heterocycles. The molecule has 0 aliphatic rings. The highest BCUT2D eigenvalue weighted by Gasteiger charge is 2.05. The van der Waals surface area contributed by atoms with Crippen LogP contribution in [0.5, 0.6) is 0 Å². The van der Waals surface area contributed by atoms with Gasteiger partial charge >= 0.3 is 0 Å². The van der Waals surface area contributed by atoms with E-state index in [9.17, 15) is 4.79 Å². The zero-order chi connectivity index (χ0) is 12.8. The Morgan fingerprint density at radius 2 is 1.67 bits per heavy atom. The number of hydrogen-bond acceptors (Lipinski definition) is 3. The van der Waals surface area contributed by atoms with Crippen molar-refractivity contribution in [1.82, 2.24) is 5.43 Å². The Balaban J connectivity index is 2.24. The van der Waals surface area contributed by atoms with E-state index in [0.29, 0.717) is 0 Å². The molecule has 0 spiro atoms. The first kappa shape index (κ1) is 12.1. The first-order valence-electron chi connectivity index (χ1n) is 5.69. The predicted octanol–water partition coefficient (Wildman–Crippen LogP) is 1.76. The highest BCUT2D eigenvalue weighted by atomic mass is 16.2. The molecule has 0 saturated heterocycles. The summed E-state index contributed by atoms with van der Waals surface area (Å²) in [5, 5.41) is 3.07. The molecule has 0 atom stereocenters. The van der Waals surface area contributed by atoms with E-state index in [-0.39, 0.29) is 12.5 Å². The van der Waals surface area contributed by atoms with E-state index < -0.39 is 0 Å². The van der Waals surface area contributed by atoms with Crippen molar-refractivity contribution in [2.24, 2.45) is 5.84 Å². The predicted molar refractivity (Wildman–Crippen MR) is 72.7 cm³/mol. The maximum atomic E-state index is 11.1.